The molecule has 0 bridgehead atoms. The Labute approximate surface area is 186 Å². The summed E-state index contributed by atoms with van der Waals surface area (Å²) in [7, 11) is 0. The molecule has 170 valence electrons. The van der Waals surface area contributed by atoms with Crippen molar-refractivity contribution in [2.75, 3.05) is 6.54 Å². The molecule has 1 saturated heterocycles. The fourth-order valence-electron chi connectivity index (χ4n) is 3.82. The van der Waals surface area contributed by atoms with Crippen molar-refractivity contribution in [3.63, 3.8) is 0 Å². The van der Waals surface area contributed by atoms with Crippen molar-refractivity contribution in [3.8, 4) is 5.75 Å². The van der Waals surface area contributed by atoms with Crippen molar-refractivity contribution >= 4 is 34.8 Å². The van der Waals surface area contributed by atoms with Gasteiger partial charge in [-0.05, 0) is 45.7 Å². The van der Waals surface area contributed by atoms with E-state index in [1.165, 1.54) is 20.1 Å². The van der Waals surface area contributed by atoms with E-state index in [1.807, 2.05) is 25.4 Å². The third-order valence-corrected chi connectivity index (χ3v) is 6.14. The van der Waals surface area contributed by atoms with Crippen LogP contribution in [0.4, 0.5) is 0 Å². The molecule has 4 rings (SSSR count). The van der Waals surface area contributed by atoms with Crippen LogP contribution < -0.4 is 10.1 Å². The Bertz CT molecular complexity index is 1100. The minimum absolute atomic E-state index is 0.0396. The van der Waals surface area contributed by atoms with Crippen molar-refractivity contribution in [2.45, 2.75) is 64.1 Å². The van der Waals surface area contributed by atoms with Gasteiger partial charge in [0.15, 0.2) is 5.54 Å². The molecule has 2 atom stereocenters. The molecule has 1 aliphatic carbocycles. The number of carboxylic acid groups (broad SMARTS) is 1. The third-order valence-electron chi connectivity index (χ3n) is 6.14. The first-order valence-electron chi connectivity index (χ1n) is 10.9. The van der Waals surface area contributed by atoms with Gasteiger partial charge in [0.25, 0.3) is 0 Å². The zero-order valence-corrected chi connectivity index (χ0v) is 18.6. The maximum atomic E-state index is 11.6. The number of carbonyl (C=O) groups is 2. The van der Waals surface area contributed by atoms with Gasteiger partial charge in [-0.2, -0.15) is 0 Å². The fourth-order valence-corrected chi connectivity index (χ4v) is 3.82. The summed E-state index contributed by atoms with van der Waals surface area (Å²) in [5.74, 6) is -0.237. The van der Waals surface area contributed by atoms with Crippen LogP contribution in [0.3, 0.4) is 0 Å². The highest BCUT2D eigenvalue weighted by atomic mass is 16.5. The number of ether oxygens (including phenoxy) is 1. The number of fused-ring (bicyclic) bond motifs is 1. The summed E-state index contributed by atoms with van der Waals surface area (Å²) >= 11 is 0. The molecule has 0 radical (unpaired) electrons. The molecule has 32 heavy (non-hydrogen) atoms. The molecule has 3 N–H and O–H groups in total. The molecule has 2 fully saturated rings. The van der Waals surface area contributed by atoms with Crippen LogP contribution in [0.1, 0.15) is 58.1 Å². The van der Waals surface area contributed by atoms with E-state index >= 15 is 0 Å². The summed E-state index contributed by atoms with van der Waals surface area (Å²) in [6.45, 7) is 5.59. The maximum absolute atomic E-state index is 11.6. The number of nitrogens with zero attached hydrogens (tertiary/aromatic N) is 3. The molecular formula is C23H29N5O4. The Morgan fingerprint density at radius 2 is 2.22 bits per heavy atom. The highest BCUT2D eigenvalue weighted by Crippen LogP contribution is 2.40. The normalized spacial score (nSPS) is 20.0. The van der Waals surface area contributed by atoms with E-state index in [-0.39, 0.29) is 24.3 Å². The van der Waals surface area contributed by atoms with Crippen molar-refractivity contribution in [2.24, 2.45) is 10.9 Å². The Balaban J connectivity index is 1.61. The zero-order chi connectivity index (χ0) is 23.0. The van der Waals surface area contributed by atoms with E-state index in [9.17, 15) is 14.7 Å². The van der Waals surface area contributed by atoms with Crippen LogP contribution in [0.2, 0.25) is 0 Å². The second-order valence-electron chi connectivity index (χ2n) is 9.17. The van der Waals surface area contributed by atoms with Crippen LogP contribution in [0, 0.1) is 11.3 Å². The standard InChI is InChI=1S/C23H29N5O4/c1-13(15-10-20(29)25-11-15)32-19-9-14(17(24)6-7-27-23(2,3)22(30)31)8-18-21(19)28(12-26-18)16-4-5-16/h7-9,12-13,15-16,24H,4-6,10-11H2,1-3H3,(H,25,29)(H,30,31). The lowest BCUT2D eigenvalue weighted by Gasteiger charge is -2.21. The summed E-state index contributed by atoms with van der Waals surface area (Å²) in [6.07, 6.45) is 5.97. The number of carboxylic acids is 1. The van der Waals surface area contributed by atoms with E-state index in [0.717, 1.165) is 23.9 Å². The molecule has 2 heterocycles. The van der Waals surface area contributed by atoms with Crippen molar-refractivity contribution in [1.29, 1.82) is 5.41 Å². The molecule has 0 spiro atoms. The van der Waals surface area contributed by atoms with Gasteiger partial charge in [0, 0.05) is 48.8 Å². The number of hydrogen-bond acceptors (Lipinski definition) is 6. The first-order chi connectivity index (χ1) is 15.2. The van der Waals surface area contributed by atoms with Gasteiger partial charge < -0.3 is 25.1 Å². The van der Waals surface area contributed by atoms with Crippen LogP contribution in [0.15, 0.2) is 23.5 Å². The summed E-state index contributed by atoms with van der Waals surface area (Å²) in [5.41, 5.74) is 1.39. The van der Waals surface area contributed by atoms with Crippen LogP contribution >= 0.6 is 0 Å². The quantitative estimate of drug-likeness (QED) is 0.517. The van der Waals surface area contributed by atoms with Gasteiger partial charge in [0.2, 0.25) is 5.91 Å². The van der Waals surface area contributed by atoms with E-state index in [0.29, 0.717) is 36.0 Å². The van der Waals surface area contributed by atoms with Crippen LogP contribution in [0.25, 0.3) is 11.0 Å². The van der Waals surface area contributed by atoms with Gasteiger partial charge in [-0.1, -0.05) is 0 Å². The molecule has 1 amide bonds. The van der Waals surface area contributed by atoms with Gasteiger partial charge in [0.05, 0.1) is 11.8 Å². The number of rotatable bonds is 9. The molecule has 1 aromatic heterocycles. The first-order valence-corrected chi connectivity index (χ1v) is 10.9. The number of aromatic nitrogens is 2. The number of benzene rings is 1. The average molecular weight is 440 g/mol. The highest BCUT2D eigenvalue weighted by Gasteiger charge is 2.31. The molecular weight excluding hydrogens is 410 g/mol. The van der Waals surface area contributed by atoms with Crippen LogP contribution in [-0.4, -0.2) is 56.6 Å². The number of aliphatic imine (C=N–C) groups is 1. The summed E-state index contributed by atoms with van der Waals surface area (Å²) in [5, 5.41) is 20.6. The molecule has 9 heteroatoms. The lowest BCUT2D eigenvalue weighted by molar-refractivity contribution is -0.141. The van der Waals surface area contributed by atoms with Gasteiger partial charge in [-0.15, -0.1) is 0 Å². The second-order valence-corrected chi connectivity index (χ2v) is 9.17. The molecule has 1 aromatic carbocycles. The summed E-state index contributed by atoms with van der Waals surface area (Å²) < 4.78 is 8.50. The second kappa shape index (κ2) is 8.37. The van der Waals surface area contributed by atoms with Gasteiger partial charge >= 0.3 is 5.97 Å². The van der Waals surface area contributed by atoms with Gasteiger partial charge in [-0.25, -0.2) is 9.78 Å². The van der Waals surface area contributed by atoms with E-state index in [2.05, 4.69) is 19.9 Å². The molecule has 2 aliphatic rings. The third kappa shape index (κ3) is 4.51. The Kier molecular flexibility index (Phi) is 5.75. The Morgan fingerprint density at radius 1 is 1.47 bits per heavy atom. The zero-order valence-electron chi connectivity index (χ0n) is 18.6. The molecule has 1 aliphatic heterocycles. The number of nitrogens with one attached hydrogen (secondary N) is 2. The number of carbonyl (C=O) groups excluding carboxylic acids is 1. The number of amides is 1. The number of hydrogen-bond donors (Lipinski definition) is 3. The van der Waals surface area contributed by atoms with Gasteiger partial charge in [-0.3, -0.25) is 9.79 Å². The SMILES string of the molecule is CC(Oc1cc(C(=N)CC=NC(C)(C)C(=O)O)cc2ncn(C3CC3)c12)C1CNC(=O)C1. The predicted octanol–water partition coefficient (Wildman–Crippen LogP) is 2.97. The predicted molar refractivity (Wildman–Crippen MR) is 121 cm³/mol. The van der Waals surface area contributed by atoms with Crippen LogP contribution in [-0.2, 0) is 9.59 Å². The monoisotopic (exact) mass is 439 g/mol. The fraction of sp³-hybridized carbons (Fsp3) is 0.522. The number of aliphatic carboxylic acids is 1. The number of imidazole rings is 1. The minimum Gasteiger partial charge on any atom is -0.488 e. The smallest absolute Gasteiger partial charge is 0.330 e. The van der Waals surface area contributed by atoms with E-state index in [1.54, 1.807) is 0 Å². The van der Waals surface area contributed by atoms with E-state index in [4.69, 9.17) is 10.1 Å². The Morgan fingerprint density at radius 3 is 2.84 bits per heavy atom. The van der Waals surface area contributed by atoms with Crippen molar-refractivity contribution < 1.29 is 19.4 Å². The lowest BCUT2D eigenvalue weighted by atomic mass is 10.0. The Hall–Kier alpha value is -3.23. The highest BCUT2D eigenvalue weighted by molar-refractivity contribution is 6.08. The maximum Gasteiger partial charge on any atom is 0.330 e. The van der Waals surface area contributed by atoms with Crippen molar-refractivity contribution in [1.82, 2.24) is 14.9 Å². The molecule has 9 nitrogen and oxygen atoms in total. The first kappa shape index (κ1) is 22.0. The topological polar surface area (TPSA) is 130 Å². The van der Waals surface area contributed by atoms with Crippen LogP contribution in [0.5, 0.6) is 5.75 Å². The van der Waals surface area contributed by atoms with Gasteiger partial charge in [0.1, 0.15) is 17.4 Å². The van der Waals surface area contributed by atoms with Crippen molar-refractivity contribution in [3.05, 3.63) is 24.0 Å². The largest absolute Gasteiger partial charge is 0.488 e. The lowest BCUT2D eigenvalue weighted by Crippen LogP contribution is -2.29. The molecule has 1 saturated carbocycles. The summed E-state index contributed by atoms with van der Waals surface area (Å²) in [6, 6.07) is 4.13. The van der Waals surface area contributed by atoms with E-state index < -0.39 is 11.5 Å². The summed E-state index contributed by atoms with van der Waals surface area (Å²) in [4.78, 5) is 31.5. The minimum atomic E-state index is -1.23. The average Bonchev–Trinajstić information content (AvgIpc) is 3.33. The molecule has 2 unspecified atom stereocenters. The molecule has 2 aromatic rings.